The van der Waals surface area contributed by atoms with E-state index in [1.165, 1.54) is 7.11 Å². The summed E-state index contributed by atoms with van der Waals surface area (Å²) < 4.78 is 30.6. The molecule has 0 aliphatic carbocycles. The van der Waals surface area contributed by atoms with Crippen LogP contribution < -0.4 is 0 Å². The summed E-state index contributed by atoms with van der Waals surface area (Å²) in [6.45, 7) is 6.51. The topological polar surface area (TPSA) is 58.9 Å². The monoisotopic (exact) mass is 370 g/mol. The molecule has 116 valence electrons. The zero-order chi connectivity index (χ0) is 14.8. The van der Waals surface area contributed by atoms with E-state index in [2.05, 4.69) is 20.8 Å². The molecule has 0 aliphatic heterocycles. The average molecular weight is 372 g/mol. The van der Waals surface area contributed by atoms with Crippen molar-refractivity contribution in [3.05, 3.63) is 0 Å². The Bertz CT molecular complexity index is 205. The molecule has 0 aliphatic rings. The van der Waals surface area contributed by atoms with Crippen LogP contribution in [0, 0.1) is 0 Å². The number of unbranched alkanes of at least 4 members (excludes halogenated alkanes) is 3. The van der Waals surface area contributed by atoms with Gasteiger partial charge in [-0.05, 0) is 0 Å². The van der Waals surface area contributed by atoms with Gasteiger partial charge in [0.05, 0.1) is 0 Å². The third-order valence-corrected chi connectivity index (χ3v) is 14.5. The predicted octanol–water partition coefficient (Wildman–Crippen LogP) is 3.79. The van der Waals surface area contributed by atoms with Crippen molar-refractivity contribution < 1.29 is 33.7 Å². The van der Waals surface area contributed by atoms with Gasteiger partial charge in [-0.2, -0.15) is 0 Å². The van der Waals surface area contributed by atoms with E-state index in [9.17, 15) is 6.37 Å². The first kappa shape index (κ1) is 19.9. The predicted molar refractivity (Wildman–Crippen MR) is 77.4 cm³/mol. The SMILES string of the molecule is CCCC[Si](CCCC)(CCCC)[O][Zr]([OH])([OH])[O]C. The van der Waals surface area contributed by atoms with E-state index in [4.69, 9.17) is 5.32 Å². The van der Waals surface area contributed by atoms with Gasteiger partial charge < -0.3 is 0 Å². The Kier molecular flexibility index (Phi) is 11.2. The molecule has 0 radical (unpaired) electrons. The van der Waals surface area contributed by atoms with Gasteiger partial charge in [-0.1, -0.05) is 0 Å². The molecule has 0 saturated carbocycles. The van der Waals surface area contributed by atoms with Crippen molar-refractivity contribution in [2.45, 2.75) is 77.4 Å². The third-order valence-electron chi connectivity index (χ3n) is 3.57. The van der Waals surface area contributed by atoms with E-state index in [0.717, 1.165) is 56.7 Å². The van der Waals surface area contributed by atoms with Crippen LogP contribution in [0.25, 0.3) is 0 Å². The van der Waals surface area contributed by atoms with Crippen LogP contribution in [0.1, 0.15) is 59.3 Å². The Morgan fingerprint density at radius 1 is 0.842 bits per heavy atom. The van der Waals surface area contributed by atoms with E-state index < -0.39 is 30.3 Å². The summed E-state index contributed by atoms with van der Waals surface area (Å²) in [7, 11) is -0.691. The summed E-state index contributed by atoms with van der Waals surface area (Å²) in [4.78, 5) is 0. The fourth-order valence-electron chi connectivity index (χ4n) is 2.35. The van der Waals surface area contributed by atoms with Gasteiger partial charge in [-0.15, -0.1) is 0 Å². The van der Waals surface area contributed by atoms with Gasteiger partial charge in [-0.25, -0.2) is 0 Å². The van der Waals surface area contributed by atoms with Gasteiger partial charge in [0.1, 0.15) is 0 Å². The van der Waals surface area contributed by atoms with Crippen molar-refractivity contribution in [2.75, 3.05) is 7.11 Å². The van der Waals surface area contributed by atoms with E-state index >= 15 is 0 Å². The number of rotatable bonds is 12. The Hall–Kier alpha value is 0.940. The molecule has 0 bridgehead atoms. The number of hydrogen-bond acceptors (Lipinski definition) is 4. The first-order valence-electron chi connectivity index (χ1n) is 7.65. The molecule has 0 spiro atoms. The normalized spacial score (nSPS) is 12.9. The minimum absolute atomic E-state index is 1.03. The van der Waals surface area contributed by atoms with Crippen LogP contribution in [0.4, 0.5) is 0 Å². The number of hydrogen-bond donors (Lipinski definition) is 2. The van der Waals surface area contributed by atoms with Crippen LogP contribution in [0.15, 0.2) is 0 Å². The van der Waals surface area contributed by atoms with Crippen LogP contribution in [0.3, 0.4) is 0 Å². The van der Waals surface area contributed by atoms with Gasteiger partial charge >= 0.3 is 127 Å². The molecule has 0 saturated heterocycles. The molecule has 4 nitrogen and oxygen atoms in total. The Balaban J connectivity index is 4.85. The molecule has 0 fully saturated rings. The second-order valence-electron chi connectivity index (χ2n) is 5.35. The van der Waals surface area contributed by atoms with Gasteiger partial charge in [0.25, 0.3) is 0 Å². The molecule has 0 rings (SSSR count). The maximum atomic E-state index is 9.91. The summed E-state index contributed by atoms with van der Waals surface area (Å²) in [5.74, 6) is 0. The molecule has 0 aromatic heterocycles. The van der Waals surface area contributed by atoms with Crippen molar-refractivity contribution in [2.24, 2.45) is 0 Å². The van der Waals surface area contributed by atoms with E-state index in [0.29, 0.717) is 0 Å². The molecule has 6 heteroatoms. The van der Waals surface area contributed by atoms with Gasteiger partial charge in [0.2, 0.25) is 0 Å². The first-order chi connectivity index (χ1) is 8.95. The van der Waals surface area contributed by atoms with Gasteiger partial charge in [0, 0.05) is 0 Å². The maximum absolute atomic E-state index is 9.91. The van der Waals surface area contributed by atoms with Crippen LogP contribution in [0.5, 0.6) is 0 Å². The Morgan fingerprint density at radius 3 is 1.47 bits per heavy atom. The molecule has 0 heterocycles. The molecule has 19 heavy (non-hydrogen) atoms. The molecule has 2 N–H and O–H groups in total. The van der Waals surface area contributed by atoms with Crippen molar-refractivity contribution in [3.63, 3.8) is 0 Å². The Labute approximate surface area is 126 Å². The van der Waals surface area contributed by atoms with Gasteiger partial charge in [-0.3, -0.25) is 0 Å². The molecule has 0 aromatic rings. The zero-order valence-electron chi connectivity index (χ0n) is 13.1. The summed E-state index contributed by atoms with van der Waals surface area (Å²) in [5, 5.41) is 0. The second-order valence-corrected chi connectivity index (χ2v) is 14.6. The molecule has 0 atom stereocenters. The van der Waals surface area contributed by atoms with Crippen molar-refractivity contribution >= 4 is 8.32 Å². The fraction of sp³-hybridized carbons (Fsp3) is 1.00. The van der Waals surface area contributed by atoms with Gasteiger partial charge in [0.15, 0.2) is 0 Å². The molecular formula is C13H32O4SiZr. The zero-order valence-corrected chi connectivity index (χ0v) is 16.5. The van der Waals surface area contributed by atoms with Crippen molar-refractivity contribution in [3.8, 4) is 0 Å². The van der Waals surface area contributed by atoms with Crippen molar-refractivity contribution in [1.82, 2.24) is 0 Å². The van der Waals surface area contributed by atoms with Crippen LogP contribution in [-0.4, -0.2) is 21.8 Å². The standard InChI is InChI=1S/C12H27OSi.CH3O.2H2O.Zr/c1-4-7-10-14(13,11-8-5-2)12-9-6-3;1-2;;;/h4-12H2,1-3H3;1H3;2*1H2;/q2*-1;;;+4/p-2. The van der Waals surface area contributed by atoms with E-state index in [1.54, 1.807) is 0 Å². The van der Waals surface area contributed by atoms with Crippen LogP contribution >= 0.6 is 0 Å². The Morgan fingerprint density at radius 2 is 1.21 bits per heavy atom. The summed E-state index contributed by atoms with van der Waals surface area (Å²) in [5.41, 5.74) is 0. The summed E-state index contributed by atoms with van der Waals surface area (Å²) in [6, 6.07) is 3.10. The van der Waals surface area contributed by atoms with E-state index in [1.807, 2.05) is 0 Å². The van der Waals surface area contributed by atoms with Crippen LogP contribution in [-0.2, 0) is 27.3 Å². The average Bonchev–Trinajstić information content (AvgIpc) is 2.40. The molecule has 0 amide bonds. The quantitative estimate of drug-likeness (QED) is 0.512. The fourth-order valence-corrected chi connectivity index (χ4v) is 14.1. The first-order valence-corrected chi connectivity index (χ1v) is 14.4. The molecule has 0 aromatic carbocycles. The molecule has 0 unspecified atom stereocenters. The van der Waals surface area contributed by atoms with Crippen molar-refractivity contribution in [1.29, 1.82) is 0 Å². The summed E-state index contributed by atoms with van der Waals surface area (Å²) in [6.07, 6.45) is 6.73. The minimum atomic E-state index is -4.66. The molecular weight excluding hydrogens is 339 g/mol. The summed E-state index contributed by atoms with van der Waals surface area (Å²) >= 11 is -4.66. The van der Waals surface area contributed by atoms with Crippen LogP contribution in [0.2, 0.25) is 18.1 Å². The van der Waals surface area contributed by atoms with E-state index in [-0.39, 0.29) is 0 Å². The third kappa shape index (κ3) is 8.74. The second kappa shape index (κ2) is 10.6.